The number of amides is 2. The van der Waals surface area contributed by atoms with Gasteiger partial charge >= 0.3 is 6.03 Å². The molecule has 1 aromatic carbocycles. The first-order valence-corrected chi connectivity index (χ1v) is 7.76. The summed E-state index contributed by atoms with van der Waals surface area (Å²) in [7, 11) is 1.90. The van der Waals surface area contributed by atoms with E-state index in [1.54, 1.807) is 6.20 Å². The van der Waals surface area contributed by atoms with E-state index in [1.165, 1.54) is 0 Å². The summed E-state index contributed by atoms with van der Waals surface area (Å²) < 4.78 is 1.89. The maximum atomic E-state index is 12.1. The quantitative estimate of drug-likeness (QED) is 0.803. The highest BCUT2D eigenvalue weighted by Crippen LogP contribution is 2.22. The number of aromatic nitrogens is 2. The van der Waals surface area contributed by atoms with Crippen molar-refractivity contribution in [3.63, 3.8) is 0 Å². The molecule has 2 rings (SSSR count). The molecule has 1 aromatic heterocycles. The molecule has 0 aliphatic rings. The lowest BCUT2D eigenvalue weighted by atomic mass is 10.1. The first-order valence-electron chi connectivity index (χ1n) is 7.39. The van der Waals surface area contributed by atoms with Crippen LogP contribution in [0.3, 0.4) is 0 Å². The monoisotopic (exact) mass is 320 g/mol. The number of benzene rings is 1. The number of hydrogen-bond donors (Lipinski definition) is 2. The van der Waals surface area contributed by atoms with Gasteiger partial charge in [0.15, 0.2) is 0 Å². The number of imidazole rings is 1. The minimum atomic E-state index is -0.320. The fourth-order valence-corrected chi connectivity index (χ4v) is 2.29. The Morgan fingerprint density at radius 1 is 1.36 bits per heavy atom. The van der Waals surface area contributed by atoms with Crippen LogP contribution in [-0.4, -0.2) is 22.1 Å². The van der Waals surface area contributed by atoms with Crippen LogP contribution in [0.2, 0.25) is 5.02 Å². The van der Waals surface area contributed by atoms with Gasteiger partial charge in [-0.15, -0.1) is 0 Å². The van der Waals surface area contributed by atoms with E-state index in [9.17, 15) is 4.79 Å². The average molecular weight is 321 g/mol. The summed E-state index contributed by atoms with van der Waals surface area (Å²) >= 11 is 5.94. The Morgan fingerprint density at radius 3 is 2.68 bits per heavy atom. The molecule has 2 aromatic rings. The Bertz CT molecular complexity index is 609. The molecule has 2 amide bonds. The maximum Gasteiger partial charge on any atom is 0.315 e. The molecule has 0 saturated carbocycles. The van der Waals surface area contributed by atoms with Gasteiger partial charge < -0.3 is 15.2 Å². The molecule has 0 fully saturated rings. The van der Waals surface area contributed by atoms with Crippen molar-refractivity contribution < 1.29 is 4.79 Å². The van der Waals surface area contributed by atoms with Gasteiger partial charge in [0.25, 0.3) is 0 Å². The van der Waals surface area contributed by atoms with E-state index in [-0.39, 0.29) is 12.1 Å². The number of carbonyl (C=O) groups excluding carboxylic acids is 1. The third-order valence-electron chi connectivity index (χ3n) is 3.41. The summed E-state index contributed by atoms with van der Waals surface area (Å²) in [6.45, 7) is 2.75. The van der Waals surface area contributed by atoms with Gasteiger partial charge in [0.1, 0.15) is 11.9 Å². The second-order valence-corrected chi connectivity index (χ2v) is 5.57. The van der Waals surface area contributed by atoms with Crippen molar-refractivity contribution in [2.24, 2.45) is 7.05 Å². The zero-order valence-corrected chi connectivity index (χ0v) is 13.6. The van der Waals surface area contributed by atoms with Crippen LogP contribution in [0.25, 0.3) is 0 Å². The fourth-order valence-electron chi connectivity index (χ4n) is 2.17. The van der Waals surface area contributed by atoms with Gasteiger partial charge in [0, 0.05) is 31.0 Å². The number of nitrogens with zero attached hydrogens (tertiary/aromatic N) is 2. The molecule has 5 nitrogen and oxygen atoms in total. The van der Waals surface area contributed by atoms with E-state index in [2.05, 4.69) is 22.5 Å². The molecule has 22 heavy (non-hydrogen) atoms. The molecular formula is C16H21ClN4O. The minimum Gasteiger partial charge on any atom is -0.338 e. The predicted octanol–water partition coefficient (Wildman–Crippen LogP) is 3.26. The van der Waals surface area contributed by atoms with Gasteiger partial charge in [-0.2, -0.15) is 0 Å². The van der Waals surface area contributed by atoms with E-state index < -0.39 is 0 Å². The molecule has 1 heterocycles. The highest BCUT2D eigenvalue weighted by Gasteiger charge is 2.20. The van der Waals surface area contributed by atoms with Crippen LogP contribution in [-0.2, 0) is 7.05 Å². The first-order chi connectivity index (χ1) is 10.6. The van der Waals surface area contributed by atoms with Crippen LogP contribution in [0.1, 0.15) is 37.2 Å². The largest absolute Gasteiger partial charge is 0.338 e. The van der Waals surface area contributed by atoms with Crippen LogP contribution in [0.5, 0.6) is 0 Å². The molecule has 0 aliphatic heterocycles. The van der Waals surface area contributed by atoms with Gasteiger partial charge in [-0.25, -0.2) is 9.78 Å². The minimum absolute atomic E-state index is 0.198. The van der Waals surface area contributed by atoms with Crippen molar-refractivity contribution in [3.8, 4) is 0 Å². The summed E-state index contributed by atoms with van der Waals surface area (Å²) in [6, 6.07) is 6.89. The van der Waals surface area contributed by atoms with E-state index in [0.717, 1.165) is 24.2 Å². The third-order valence-corrected chi connectivity index (χ3v) is 3.66. The summed E-state index contributed by atoms with van der Waals surface area (Å²) in [5.74, 6) is 0.771. The number of urea groups is 1. The van der Waals surface area contributed by atoms with Crippen LogP contribution < -0.4 is 10.6 Å². The highest BCUT2D eigenvalue weighted by molar-refractivity contribution is 6.30. The summed E-state index contributed by atoms with van der Waals surface area (Å²) in [5.41, 5.74) is 0.935. The molecule has 0 bridgehead atoms. The molecule has 1 atom stereocenters. The highest BCUT2D eigenvalue weighted by atomic mass is 35.5. The van der Waals surface area contributed by atoms with Gasteiger partial charge in [-0.3, -0.25) is 0 Å². The van der Waals surface area contributed by atoms with Crippen LogP contribution in [0.15, 0.2) is 36.7 Å². The molecule has 6 heteroatoms. The van der Waals surface area contributed by atoms with Crippen molar-refractivity contribution in [1.29, 1.82) is 0 Å². The average Bonchev–Trinajstić information content (AvgIpc) is 2.92. The first kappa shape index (κ1) is 16.4. The van der Waals surface area contributed by atoms with Gasteiger partial charge in [0.2, 0.25) is 0 Å². The number of carbonyl (C=O) groups is 1. The Balaban J connectivity index is 2.17. The number of hydrogen-bond acceptors (Lipinski definition) is 2. The van der Waals surface area contributed by atoms with Crippen LogP contribution >= 0.6 is 11.6 Å². The summed E-state index contributed by atoms with van der Waals surface area (Å²) in [4.78, 5) is 16.4. The second-order valence-electron chi connectivity index (χ2n) is 5.13. The molecule has 0 spiro atoms. The number of aryl methyl sites for hydroxylation is 1. The molecular weight excluding hydrogens is 300 g/mol. The lowest BCUT2D eigenvalue weighted by molar-refractivity contribution is 0.238. The van der Waals surface area contributed by atoms with E-state index in [0.29, 0.717) is 11.6 Å². The number of halogens is 1. The normalized spacial score (nSPS) is 12.0. The lowest BCUT2D eigenvalue weighted by Crippen LogP contribution is -2.39. The van der Waals surface area contributed by atoms with E-state index in [1.807, 2.05) is 42.1 Å². The summed E-state index contributed by atoms with van der Waals surface area (Å²) in [5, 5.41) is 6.50. The maximum absolute atomic E-state index is 12.1. The van der Waals surface area contributed by atoms with Crippen molar-refractivity contribution in [2.45, 2.75) is 25.8 Å². The fraction of sp³-hybridized carbons (Fsp3) is 0.375. The third kappa shape index (κ3) is 4.24. The molecule has 0 radical (unpaired) electrons. The molecule has 0 unspecified atom stereocenters. The number of unbranched alkanes of at least 4 members (excludes halogenated alkanes) is 1. The molecule has 0 aliphatic carbocycles. The Kier molecular flexibility index (Phi) is 5.83. The standard InChI is InChI=1S/C16H21ClN4O/c1-3-4-9-19-16(22)20-14(15-18-10-11-21(15)2)12-5-7-13(17)8-6-12/h5-8,10-11,14H,3-4,9H2,1-2H3,(H2,19,20,22)/t14-/m0/s1. The SMILES string of the molecule is CCCCNC(=O)N[C@@H](c1ccc(Cl)cc1)c1nccn1C. The second kappa shape index (κ2) is 7.84. The van der Waals surface area contributed by atoms with Gasteiger partial charge in [-0.1, -0.05) is 37.1 Å². The smallest absolute Gasteiger partial charge is 0.315 e. The predicted molar refractivity (Wildman–Crippen MR) is 87.9 cm³/mol. The molecule has 2 N–H and O–H groups in total. The van der Waals surface area contributed by atoms with Gasteiger partial charge in [-0.05, 0) is 24.1 Å². The van der Waals surface area contributed by atoms with Crippen molar-refractivity contribution >= 4 is 17.6 Å². The Morgan fingerprint density at radius 2 is 2.09 bits per heavy atom. The topological polar surface area (TPSA) is 59.0 Å². The molecule has 0 saturated heterocycles. The van der Waals surface area contributed by atoms with Crippen molar-refractivity contribution in [3.05, 3.63) is 53.1 Å². The summed E-state index contributed by atoms with van der Waals surface area (Å²) in [6.07, 6.45) is 5.57. The Labute approximate surface area is 135 Å². The van der Waals surface area contributed by atoms with Crippen molar-refractivity contribution in [2.75, 3.05) is 6.54 Å². The molecule has 118 valence electrons. The number of nitrogens with one attached hydrogen (secondary N) is 2. The van der Waals surface area contributed by atoms with E-state index >= 15 is 0 Å². The zero-order valence-electron chi connectivity index (χ0n) is 12.8. The van der Waals surface area contributed by atoms with E-state index in [4.69, 9.17) is 11.6 Å². The zero-order chi connectivity index (χ0) is 15.9. The number of rotatable bonds is 6. The lowest BCUT2D eigenvalue weighted by Gasteiger charge is -2.19. The van der Waals surface area contributed by atoms with Crippen LogP contribution in [0.4, 0.5) is 4.79 Å². The van der Waals surface area contributed by atoms with Crippen LogP contribution in [0, 0.1) is 0 Å². The Hall–Kier alpha value is -2.01. The van der Waals surface area contributed by atoms with Crippen molar-refractivity contribution in [1.82, 2.24) is 20.2 Å². The van der Waals surface area contributed by atoms with Gasteiger partial charge in [0.05, 0.1) is 0 Å².